The van der Waals surface area contributed by atoms with Gasteiger partial charge in [-0.1, -0.05) is 13.8 Å². The predicted octanol–water partition coefficient (Wildman–Crippen LogP) is 1.63. The van der Waals surface area contributed by atoms with Gasteiger partial charge in [-0.05, 0) is 27.2 Å². The minimum absolute atomic E-state index is 0.0693. The van der Waals surface area contributed by atoms with Crippen LogP contribution in [0.3, 0.4) is 0 Å². The van der Waals surface area contributed by atoms with Gasteiger partial charge in [0.25, 0.3) is 0 Å². The summed E-state index contributed by atoms with van der Waals surface area (Å²) in [7, 11) is 0. The van der Waals surface area contributed by atoms with Gasteiger partial charge in [0.2, 0.25) is 0 Å². The lowest BCUT2D eigenvalue weighted by Crippen LogP contribution is -2.78. The highest BCUT2D eigenvalue weighted by atomic mass is 16.5. The molecule has 0 aromatic carbocycles. The number of hydrogen-bond acceptors (Lipinski definition) is 4. The molecule has 2 heterocycles. The Balaban J connectivity index is 1.74. The minimum Gasteiger partial charge on any atom is -0.377 e. The number of nitrogens with zero attached hydrogens (tertiary/aromatic N) is 1. The van der Waals surface area contributed by atoms with Gasteiger partial charge in [-0.25, -0.2) is 0 Å². The number of ether oxygens (including phenoxy) is 2. The van der Waals surface area contributed by atoms with Crippen LogP contribution in [-0.2, 0) is 9.47 Å². The zero-order valence-electron chi connectivity index (χ0n) is 13.6. The maximum Gasteiger partial charge on any atom is 0.0757 e. The van der Waals surface area contributed by atoms with Gasteiger partial charge in [0, 0.05) is 43.1 Å². The molecule has 116 valence electrons. The Morgan fingerprint density at radius 2 is 1.95 bits per heavy atom. The lowest BCUT2D eigenvalue weighted by molar-refractivity contribution is -0.183. The van der Waals surface area contributed by atoms with E-state index >= 15 is 0 Å². The van der Waals surface area contributed by atoms with Crippen LogP contribution in [0.2, 0.25) is 0 Å². The second kappa shape index (κ2) is 4.42. The second-order valence-electron chi connectivity index (χ2n) is 8.31. The highest BCUT2D eigenvalue weighted by Crippen LogP contribution is 2.58. The topological polar surface area (TPSA) is 47.7 Å². The molecule has 0 spiro atoms. The molecule has 4 atom stereocenters. The van der Waals surface area contributed by atoms with Crippen molar-refractivity contribution in [1.29, 1.82) is 0 Å². The molecule has 0 amide bonds. The molecule has 20 heavy (non-hydrogen) atoms. The van der Waals surface area contributed by atoms with Gasteiger partial charge in [0.05, 0.1) is 17.8 Å². The fourth-order valence-electron chi connectivity index (χ4n) is 4.87. The summed E-state index contributed by atoms with van der Waals surface area (Å²) < 4.78 is 11.9. The molecule has 2 saturated heterocycles. The number of rotatable bonds is 2. The molecule has 3 rings (SSSR count). The summed E-state index contributed by atoms with van der Waals surface area (Å²) in [5, 5.41) is 0. The number of hydrogen-bond donors (Lipinski definition) is 1. The Kier molecular flexibility index (Phi) is 3.26. The Morgan fingerprint density at radius 3 is 2.60 bits per heavy atom. The van der Waals surface area contributed by atoms with Crippen LogP contribution < -0.4 is 5.73 Å². The molecular weight excluding hydrogens is 252 g/mol. The highest BCUT2D eigenvalue weighted by Gasteiger charge is 2.67. The number of fused-ring (bicyclic) bond motifs is 1. The van der Waals surface area contributed by atoms with E-state index in [0.717, 1.165) is 32.7 Å². The average Bonchev–Trinajstić information content (AvgIpc) is 2.73. The molecule has 0 aromatic heterocycles. The van der Waals surface area contributed by atoms with Crippen molar-refractivity contribution in [2.75, 3.05) is 26.2 Å². The summed E-state index contributed by atoms with van der Waals surface area (Å²) in [6.07, 6.45) is 1.76. The van der Waals surface area contributed by atoms with Crippen molar-refractivity contribution in [3.63, 3.8) is 0 Å². The van der Waals surface area contributed by atoms with E-state index in [1.54, 1.807) is 0 Å². The maximum atomic E-state index is 6.87. The van der Waals surface area contributed by atoms with E-state index in [-0.39, 0.29) is 22.7 Å². The van der Waals surface area contributed by atoms with E-state index < -0.39 is 0 Å². The van der Waals surface area contributed by atoms with Gasteiger partial charge in [-0.2, -0.15) is 0 Å². The lowest BCUT2D eigenvalue weighted by atomic mass is 9.48. The molecule has 1 saturated carbocycles. The SMILES string of the molecule is CC1CN(CC2(N)C3CCOC3C2(C)C)CC(C)(C)O1. The molecule has 0 radical (unpaired) electrons. The van der Waals surface area contributed by atoms with Crippen LogP contribution in [0.15, 0.2) is 0 Å². The molecule has 0 bridgehead atoms. The van der Waals surface area contributed by atoms with Crippen molar-refractivity contribution >= 4 is 0 Å². The van der Waals surface area contributed by atoms with Gasteiger partial charge in [0.1, 0.15) is 0 Å². The third-order valence-electron chi connectivity index (χ3n) is 5.79. The van der Waals surface area contributed by atoms with Crippen molar-refractivity contribution < 1.29 is 9.47 Å². The Bertz CT molecular complexity index is 396. The van der Waals surface area contributed by atoms with Crippen molar-refractivity contribution in [2.24, 2.45) is 17.1 Å². The maximum absolute atomic E-state index is 6.87. The molecule has 4 heteroatoms. The van der Waals surface area contributed by atoms with Crippen LogP contribution in [0.1, 0.15) is 41.0 Å². The fraction of sp³-hybridized carbons (Fsp3) is 1.00. The van der Waals surface area contributed by atoms with Crippen LogP contribution in [0, 0.1) is 11.3 Å². The van der Waals surface area contributed by atoms with E-state index in [0.29, 0.717) is 12.0 Å². The van der Waals surface area contributed by atoms with Crippen LogP contribution in [0.25, 0.3) is 0 Å². The predicted molar refractivity (Wildman–Crippen MR) is 79.6 cm³/mol. The van der Waals surface area contributed by atoms with Gasteiger partial charge in [0.15, 0.2) is 0 Å². The highest BCUT2D eigenvalue weighted by molar-refractivity contribution is 5.21. The molecule has 2 N–H and O–H groups in total. The first kappa shape index (κ1) is 14.8. The molecule has 2 aliphatic heterocycles. The molecule has 4 nitrogen and oxygen atoms in total. The molecule has 4 unspecified atom stereocenters. The van der Waals surface area contributed by atoms with Gasteiger partial charge >= 0.3 is 0 Å². The third kappa shape index (κ3) is 2.04. The van der Waals surface area contributed by atoms with E-state index in [1.807, 2.05) is 0 Å². The quantitative estimate of drug-likeness (QED) is 0.836. The number of nitrogens with two attached hydrogens (primary N) is 1. The summed E-state index contributed by atoms with van der Waals surface area (Å²) in [6, 6.07) is 0. The molecule has 3 fully saturated rings. The summed E-state index contributed by atoms with van der Waals surface area (Å²) in [6.45, 7) is 14.8. The van der Waals surface area contributed by atoms with Crippen molar-refractivity contribution in [3.05, 3.63) is 0 Å². The van der Waals surface area contributed by atoms with E-state index in [9.17, 15) is 0 Å². The molecule has 0 aromatic rings. The zero-order valence-corrected chi connectivity index (χ0v) is 13.6. The monoisotopic (exact) mass is 282 g/mol. The number of morpholine rings is 1. The van der Waals surface area contributed by atoms with Crippen LogP contribution in [0.4, 0.5) is 0 Å². The first-order valence-corrected chi connectivity index (χ1v) is 7.96. The summed E-state index contributed by atoms with van der Waals surface area (Å²) in [4.78, 5) is 2.50. The van der Waals surface area contributed by atoms with Gasteiger partial charge in [-0.3, -0.25) is 4.90 Å². The van der Waals surface area contributed by atoms with Crippen LogP contribution >= 0.6 is 0 Å². The smallest absolute Gasteiger partial charge is 0.0757 e. The Labute approximate surface area is 123 Å². The largest absolute Gasteiger partial charge is 0.377 e. The van der Waals surface area contributed by atoms with Crippen molar-refractivity contribution in [1.82, 2.24) is 4.90 Å². The summed E-state index contributed by atoms with van der Waals surface area (Å²) >= 11 is 0. The first-order valence-electron chi connectivity index (χ1n) is 7.96. The standard InChI is InChI=1S/C16H30N2O2/c1-11-8-18(9-14(2,3)20-11)10-16(17)12-6-7-19-13(12)15(16,4)5/h11-13H,6-10,17H2,1-5H3. The zero-order chi connectivity index (χ0) is 14.8. The van der Waals surface area contributed by atoms with E-state index in [2.05, 4.69) is 39.5 Å². The van der Waals surface area contributed by atoms with Gasteiger partial charge < -0.3 is 15.2 Å². The van der Waals surface area contributed by atoms with Gasteiger partial charge in [-0.15, -0.1) is 0 Å². The molecular formula is C16H30N2O2. The van der Waals surface area contributed by atoms with Crippen molar-refractivity contribution in [2.45, 2.75) is 64.4 Å². The van der Waals surface area contributed by atoms with E-state index in [4.69, 9.17) is 15.2 Å². The lowest BCUT2D eigenvalue weighted by Gasteiger charge is -2.64. The normalized spacial score (nSPS) is 46.8. The summed E-state index contributed by atoms with van der Waals surface area (Å²) in [5.74, 6) is 0.527. The van der Waals surface area contributed by atoms with E-state index in [1.165, 1.54) is 0 Å². The third-order valence-corrected chi connectivity index (χ3v) is 5.79. The molecule has 1 aliphatic carbocycles. The Hall–Kier alpha value is -0.160. The van der Waals surface area contributed by atoms with Crippen molar-refractivity contribution in [3.8, 4) is 0 Å². The first-order chi connectivity index (χ1) is 9.16. The Morgan fingerprint density at radius 1 is 1.25 bits per heavy atom. The fourth-order valence-corrected chi connectivity index (χ4v) is 4.87. The molecule has 3 aliphatic rings. The van der Waals surface area contributed by atoms with Crippen LogP contribution in [0.5, 0.6) is 0 Å². The summed E-state index contributed by atoms with van der Waals surface area (Å²) in [5.41, 5.74) is 6.74. The minimum atomic E-state index is -0.124. The average molecular weight is 282 g/mol. The van der Waals surface area contributed by atoms with Crippen LogP contribution in [-0.4, -0.2) is 54.5 Å². The second-order valence-corrected chi connectivity index (χ2v) is 8.31.